The summed E-state index contributed by atoms with van der Waals surface area (Å²) >= 11 is 0. The summed E-state index contributed by atoms with van der Waals surface area (Å²) in [6.45, 7) is 0. The van der Waals surface area contributed by atoms with Gasteiger partial charge in [0.15, 0.2) is 17.4 Å². The van der Waals surface area contributed by atoms with Gasteiger partial charge in [-0.3, -0.25) is 0 Å². The first-order valence-corrected chi connectivity index (χ1v) is 0. The average molecular weight is 324 g/mol. The second-order valence-electron chi connectivity index (χ2n) is 0. The van der Waals surface area contributed by atoms with Crippen molar-refractivity contribution in [2.45, 2.75) is 0 Å². The van der Waals surface area contributed by atoms with E-state index in [4.69, 9.17) is 0 Å². The van der Waals surface area contributed by atoms with Crippen LogP contribution in [0.25, 0.3) is 0 Å². The predicted molar refractivity (Wildman–Crippen MR) is 28.4 cm³/mol. The van der Waals surface area contributed by atoms with E-state index in [0.717, 1.165) is 0 Å². The molecule has 0 aromatic carbocycles. The summed E-state index contributed by atoms with van der Waals surface area (Å²) in [5, 5.41) is 0. The van der Waals surface area contributed by atoms with Gasteiger partial charge < -0.3 is 0 Å². The molecule has 0 aromatic heterocycles. The van der Waals surface area contributed by atoms with Crippen LogP contribution in [0.3, 0.4) is 0 Å². The molecule has 4 heteroatoms. The normalized spacial score (nSPS) is 0. The molecule has 0 heterocycles. The van der Waals surface area contributed by atoms with Gasteiger partial charge in [0.1, 0.15) is 0 Å². The first-order valence-electron chi connectivity index (χ1n) is 0. The van der Waals surface area contributed by atoms with Gasteiger partial charge >= 0.3 is 49.8 Å². The van der Waals surface area contributed by atoms with Crippen LogP contribution < -0.4 is 0 Å². The van der Waals surface area contributed by atoms with Crippen molar-refractivity contribution < 1.29 is 17.1 Å². The number of rotatable bonds is 0. The molecule has 0 unspecified atom stereocenters. The fourth-order valence-corrected chi connectivity index (χ4v) is 0. The third-order valence-corrected chi connectivity index (χ3v) is 0. The Morgan fingerprint density at radius 2 is 1.00 bits per heavy atom. The van der Waals surface area contributed by atoms with Crippen LogP contribution in [0.4, 0.5) is 0 Å². The summed E-state index contributed by atoms with van der Waals surface area (Å²) < 4.78 is 0. The second kappa shape index (κ2) is 17.2. The van der Waals surface area contributed by atoms with Crippen LogP contribution in [0, 0.1) is 0 Å². The Bertz CT molecular complexity index is 8.00. The van der Waals surface area contributed by atoms with Crippen LogP contribution in [0.15, 0.2) is 0 Å². The topological polar surface area (TPSA) is 0 Å². The molecule has 0 rings (SSSR count). The van der Waals surface area contributed by atoms with Crippen LogP contribution in [-0.4, -0.2) is 67.1 Å². The van der Waals surface area contributed by atoms with Gasteiger partial charge in [0.05, 0.1) is 0 Å². The summed E-state index contributed by atoms with van der Waals surface area (Å²) in [5.74, 6) is 0. The third-order valence-electron chi connectivity index (χ3n) is 0. The van der Waals surface area contributed by atoms with E-state index in [1.807, 2.05) is 0 Å². The van der Waals surface area contributed by atoms with Gasteiger partial charge in [-0.15, -0.1) is 0 Å². The van der Waals surface area contributed by atoms with E-state index in [1.54, 1.807) is 0 Å². The van der Waals surface area contributed by atoms with Gasteiger partial charge in [-0.2, -0.15) is 0 Å². The molecule has 0 bridgehead atoms. The van der Waals surface area contributed by atoms with Crippen molar-refractivity contribution in [1.82, 2.24) is 0 Å². The van der Waals surface area contributed by atoms with E-state index >= 15 is 0 Å². The molecule has 0 aliphatic rings. The molecule has 0 amide bonds. The molecule has 0 aliphatic carbocycles. The Hall–Kier alpha value is 2.72. The van der Waals surface area contributed by atoms with Crippen molar-refractivity contribution >= 4 is 67.1 Å². The van der Waals surface area contributed by atoms with Gasteiger partial charge in [0.2, 0.25) is 0 Å². The molecule has 0 N–H and O–H groups in total. The molecule has 0 nitrogen and oxygen atoms in total. The second-order valence-corrected chi connectivity index (χ2v) is 0. The van der Waals surface area contributed by atoms with E-state index in [9.17, 15) is 0 Å². The summed E-state index contributed by atoms with van der Waals surface area (Å²) in [5.41, 5.74) is 0. The van der Waals surface area contributed by atoms with Gasteiger partial charge in [0.25, 0.3) is 0 Å². The fourth-order valence-electron chi connectivity index (χ4n) is 0. The zero-order chi connectivity index (χ0) is 0. The number of hydrogen-bond donors (Lipinski definition) is 0. The predicted octanol–water partition coefficient (Wildman–Crippen LogP) is -3.29. The van der Waals surface area contributed by atoms with Gasteiger partial charge in [0, 0.05) is 17.1 Å². The maximum atomic E-state index is 0. The Balaban J connectivity index is 0. The number of hydrogen-bond acceptors (Lipinski definition) is 0. The Labute approximate surface area is 82.8 Å². The molecular formula is H8AlInMnSn. The Morgan fingerprint density at radius 1 is 1.00 bits per heavy atom. The molecule has 0 spiro atoms. The van der Waals surface area contributed by atoms with E-state index in [0.29, 0.717) is 0 Å². The van der Waals surface area contributed by atoms with Crippen LogP contribution in [0.5, 0.6) is 0 Å². The van der Waals surface area contributed by atoms with Gasteiger partial charge in [-0.25, -0.2) is 0 Å². The molecule has 0 aliphatic heterocycles. The van der Waals surface area contributed by atoms with Crippen LogP contribution in [-0.2, 0) is 17.1 Å². The minimum absolute atomic E-state index is 0. The average Bonchev–Trinajstić information content (AvgIpc) is 0. The quantitative estimate of drug-likeness (QED) is 0.410. The molecule has 3 radical (unpaired) electrons. The van der Waals surface area contributed by atoms with Gasteiger partial charge in [-0.1, -0.05) is 0 Å². The zero-order valence-corrected chi connectivity index (χ0v) is 6.30. The van der Waals surface area contributed by atoms with Crippen molar-refractivity contribution in [3.05, 3.63) is 0 Å². The fraction of sp³-hybridized carbons (Fsp3) is 0. The van der Waals surface area contributed by atoms with E-state index in [2.05, 4.69) is 0 Å². The van der Waals surface area contributed by atoms with Crippen molar-refractivity contribution in [2.24, 2.45) is 0 Å². The summed E-state index contributed by atoms with van der Waals surface area (Å²) in [7, 11) is 0. The van der Waals surface area contributed by atoms with Crippen LogP contribution >= 0.6 is 0 Å². The molecular weight excluding hydrogens is 315 g/mol. The van der Waals surface area contributed by atoms with Crippen molar-refractivity contribution in [3.63, 3.8) is 0 Å². The van der Waals surface area contributed by atoms with Gasteiger partial charge in [-0.05, 0) is 0 Å². The molecule has 0 aromatic rings. The van der Waals surface area contributed by atoms with E-state index < -0.39 is 0 Å². The van der Waals surface area contributed by atoms with Crippen LogP contribution in [0.2, 0.25) is 0 Å². The SMILES string of the molecule is [AlH3].[InH3].[Mn].[SnH2]. The van der Waals surface area contributed by atoms with Crippen molar-refractivity contribution in [2.75, 3.05) is 0 Å². The molecule has 0 saturated heterocycles. The molecule has 4 heavy (non-hydrogen) atoms. The third kappa shape index (κ3) is 8.83. The standard InChI is InChI=1S/Al.In.Mn.Sn.8H. The zero-order valence-electron chi connectivity index (χ0n) is 1.09. The summed E-state index contributed by atoms with van der Waals surface area (Å²) in [4.78, 5) is 0. The minimum atomic E-state index is 0. The maximum absolute atomic E-state index is 0. The summed E-state index contributed by atoms with van der Waals surface area (Å²) in [6, 6.07) is 0. The van der Waals surface area contributed by atoms with Crippen molar-refractivity contribution in [1.29, 1.82) is 0 Å². The van der Waals surface area contributed by atoms with E-state index in [1.165, 1.54) is 0 Å². The molecule has 0 saturated carbocycles. The molecule has 0 atom stereocenters. The molecule has 0 fully saturated rings. The monoisotopic (exact) mass is 325 g/mol. The summed E-state index contributed by atoms with van der Waals surface area (Å²) in [6.07, 6.45) is 0. The first kappa shape index (κ1) is 29.7. The van der Waals surface area contributed by atoms with Crippen LogP contribution in [0.1, 0.15) is 0 Å². The van der Waals surface area contributed by atoms with E-state index in [-0.39, 0.29) is 84.2 Å². The molecule has 25 valence electrons. The first-order chi connectivity index (χ1) is 0. The Kier molecular flexibility index (Phi) is 128. The van der Waals surface area contributed by atoms with Crippen molar-refractivity contribution in [3.8, 4) is 0 Å². The Morgan fingerprint density at radius 3 is 1.00 bits per heavy atom.